The van der Waals surface area contributed by atoms with Crippen LogP contribution in [0.2, 0.25) is 0 Å². The van der Waals surface area contributed by atoms with E-state index in [2.05, 4.69) is 16.0 Å². The highest BCUT2D eigenvalue weighted by Gasteiger charge is 2.25. The summed E-state index contributed by atoms with van der Waals surface area (Å²) in [6.45, 7) is -0.424. The Morgan fingerprint density at radius 1 is 0.744 bits per heavy atom. The van der Waals surface area contributed by atoms with Crippen LogP contribution in [-0.4, -0.2) is 54.7 Å². The first-order valence-electron chi connectivity index (χ1n) is 12.3. The van der Waals surface area contributed by atoms with Crippen LogP contribution in [0, 0.1) is 0 Å². The molecule has 4 N–H and O–H groups in total. The van der Waals surface area contributed by atoms with Crippen LogP contribution in [0.5, 0.6) is 5.75 Å². The van der Waals surface area contributed by atoms with E-state index in [1.54, 1.807) is 24.3 Å². The number of alkyl carbamates (subject to hydrolysis) is 1. The summed E-state index contributed by atoms with van der Waals surface area (Å²) in [5.41, 5.74) is 2.26. The maximum absolute atomic E-state index is 13.0. The highest BCUT2D eigenvalue weighted by atomic mass is 16.5. The zero-order chi connectivity index (χ0) is 28.0. The van der Waals surface area contributed by atoms with Gasteiger partial charge in [-0.15, -0.1) is 0 Å². The number of ether oxygens (including phenoxy) is 2. The number of esters is 1. The monoisotopic (exact) mass is 533 g/mol. The molecule has 0 radical (unpaired) electrons. The van der Waals surface area contributed by atoms with E-state index in [1.807, 2.05) is 48.5 Å². The van der Waals surface area contributed by atoms with Crippen molar-refractivity contribution in [3.05, 3.63) is 102 Å². The second kappa shape index (κ2) is 14.8. The van der Waals surface area contributed by atoms with Crippen LogP contribution < -0.4 is 16.0 Å². The number of hydrogen-bond acceptors (Lipinski definition) is 7. The molecule has 3 aromatic carbocycles. The van der Waals surface area contributed by atoms with E-state index in [4.69, 9.17) is 9.47 Å². The van der Waals surface area contributed by atoms with Gasteiger partial charge in [-0.3, -0.25) is 9.59 Å². The molecule has 2 atom stereocenters. The molecule has 0 aliphatic carbocycles. The third-order valence-electron chi connectivity index (χ3n) is 5.72. The molecule has 0 aliphatic rings. The number of methoxy groups -OCH3 is 1. The molecular weight excluding hydrogens is 502 g/mol. The predicted molar refractivity (Wildman–Crippen MR) is 142 cm³/mol. The Balaban J connectivity index is 1.60. The number of benzene rings is 3. The Morgan fingerprint density at radius 2 is 1.31 bits per heavy atom. The van der Waals surface area contributed by atoms with Gasteiger partial charge in [0, 0.05) is 12.8 Å². The molecule has 3 amide bonds. The zero-order valence-electron chi connectivity index (χ0n) is 21.5. The van der Waals surface area contributed by atoms with Crippen molar-refractivity contribution in [1.29, 1.82) is 0 Å². The van der Waals surface area contributed by atoms with Gasteiger partial charge in [-0.25, -0.2) is 9.59 Å². The number of carbonyl (C=O) groups is 4. The Bertz CT molecular complexity index is 1230. The summed E-state index contributed by atoms with van der Waals surface area (Å²) in [4.78, 5) is 50.3. The number of hydrogen-bond donors (Lipinski definition) is 4. The second-order valence-electron chi connectivity index (χ2n) is 8.68. The fourth-order valence-corrected chi connectivity index (χ4v) is 3.71. The van der Waals surface area contributed by atoms with Crippen molar-refractivity contribution >= 4 is 23.9 Å². The molecule has 204 valence electrons. The maximum Gasteiger partial charge on any atom is 0.408 e. The van der Waals surface area contributed by atoms with Gasteiger partial charge in [0.15, 0.2) is 0 Å². The Morgan fingerprint density at radius 3 is 1.92 bits per heavy atom. The normalized spacial score (nSPS) is 11.9. The van der Waals surface area contributed by atoms with Crippen LogP contribution in [0.4, 0.5) is 4.79 Å². The summed E-state index contributed by atoms with van der Waals surface area (Å²) in [7, 11) is 1.23. The van der Waals surface area contributed by atoms with E-state index in [1.165, 1.54) is 19.2 Å². The molecule has 0 unspecified atom stereocenters. The van der Waals surface area contributed by atoms with E-state index in [0.717, 1.165) is 11.1 Å². The lowest BCUT2D eigenvalue weighted by molar-refractivity contribution is -0.145. The van der Waals surface area contributed by atoms with Crippen molar-refractivity contribution in [2.45, 2.75) is 31.5 Å². The molecule has 0 saturated carbocycles. The molecule has 10 nitrogen and oxygen atoms in total. The smallest absolute Gasteiger partial charge is 0.408 e. The average Bonchev–Trinajstić information content (AvgIpc) is 2.96. The van der Waals surface area contributed by atoms with Gasteiger partial charge in [0.2, 0.25) is 11.8 Å². The number of aromatic hydroxyl groups is 1. The third-order valence-corrected chi connectivity index (χ3v) is 5.72. The molecule has 0 aromatic heterocycles. The van der Waals surface area contributed by atoms with E-state index in [-0.39, 0.29) is 25.2 Å². The average molecular weight is 534 g/mol. The molecule has 0 bridgehead atoms. The van der Waals surface area contributed by atoms with Crippen LogP contribution in [0.3, 0.4) is 0 Å². The topological polar surface area (TPSA) is 143 Å². The lowest BCUT2D eigenvalue weighted by Gasteiger charge is -2.20. The van der Waals surface area contributed by atoms with E-state index >= 15 is 0 Å². The number of amides is 3. The Hall–Kier alpha value is -4.86. The summed E-state index contributed by atoms with van der Waals surface area (Å²) in [5, 5.41) is 17.2. The van der Waals surface area contributed by atoms with Crippen LogP contribution in [0.1, 0.15) is 16.7 Å². The first-order valence-corrected chi connectivity index (χ1v) is 12.3. The van der Waals surface area contributed by atoms with Crippen molar-refractivity contribution in [3.8, 4) is 5.75 Å². The van der Waals surface area contributed by atoms with Gasteiger partial charge in [0.05, 0.1) is 13.7 Å². The van der Waals surface area contributed by atoms with Gasteiger partial charge in [0.1, 0.15) is 24.4 Å². The van der Waals surface area contributed by atoms with E-state index < -0.39 is 42.5 Å². The number of nitrogens with one attached hydrogen (secondary N) is 3. The molecule has 0 spiro atoms. The van der Waals surface area contributed by atoms with Crippen LogP contribution >= 0.6 is 0 Å². The van der Waals surface area contributed by atoms with Gasteiger partial charge in [-0.2, -0.15) is 0 Å². The molecular formula is C29H31N3O7. The SMILES string of the molecule is COC(=O)[C@H](Cc1ccccc1)NC(=O)CNC(=O)[C@H](Cc1ccc(O)cc1)NC(=O)OCc1ccccc1. The molecule has 0 fully saturated rings. The van der Waals surface area contributed by atoms with Crippen molar-refractivity contribution in [2.24, 2.45) is 0 Å². The Labute approximate surface area is 226 Å². The first kappa shape index (κ1) is 28.7. The van der Waals surface area contributed by atoms with Crippen molar-refractivity contribution in [3.63, 3.8) is 0 Å². The molecule has 3 rings (SSSR count). The summed E-state index contributed by atoms with van der Waals surface area (Å²) in [5.74, 6) is -1.80. The van der Waals surface area contributed by atoms with Gasteiger partial charge in [0.25, 0.3) is 0 Å². The van der Waals surface area contributed by atoms with Gasteiger partial charge >= 0.3 is 12.1 Å². The molecule has 0 heterocycles. The molecule has 0 aliphatic heterocycles. The van der Waals surface area contributed by atoms with Crippen molar-refractivity contribution in [1.82, 2.24) is 16.0 Å². The standard InChI is InChI=1S/C29H31N3O7/c1-38-28(36)25(17-20-8-4-2-5-9-20)31-26(34)18-30-27(35)24(16-21-12-14-23(33)15-13-21)32-29(37)39-19-22-10-6-3-7-11-22/h2-15,24-25,33H,16-19H2,1H3,(H,30,35)(H,31,34)(H,32,37)/t24-,25-/m0/s1. The minimum Gasteiger partial charge on any atom is -0.508 e. The van der Waals surface area contributed by atoms with E-state index in [9.17, 15) is 24.3 Å². The molecule has 0 saturated heterocycles. The van der Waals surface area contributed by atoms with Crippen LogP contribution in [-0.2, 0) is 43.3 Å². The summed E-state index contributed by atoms with van der Waals surface area (Å²) >= 11 is 0. The Kier molecular flexibility index (Phi) is 10.9. The van der Waals surface area contributed by atoms with Crippen LogP contribution in [0.15, 0.2) is 84.9 Å². The minimum absolute atomic E-state index is 0.0129. The number of carbonyl (C=O) groups excluding carboxylic acids is 4. The molecule has 39 heavy (non-hydrogen) atoms. The molecule has 10 heteroatoms. The van der Waals surface area contributed by atoms with Gasteiger partial charge in [-0.05, 0) is 28.8 Å². The fourth-order valence-electron chi connectivity index (χ4n) is 3.71. The second-order valence-corrected chi connectivity index (χ2v) is 8.68. The lowest BCUT2D eigenvalue weighted by Crippen LogP contribution is -2.52. The summed E-state index contributed by atoms with van der Waals surface area (Å²) < 4.78 is 10.0. The number of phenols is 1. The summed E-state index contributed by atoms with van der Waals surface area (Å²) in [6.07, 6.45) is -0.519. The highest BCUT2D eigenvalue weighted by molar-refractivity contribution is 5.91. The summed E-state index contributed by atoms with van der Waals surface area (Å²) in [6, 6.07) is 22.3. The number of phenolic OH excluding ortho intramolecular Hbond substituents is 1. The fraction of sp³-hybridized carbons (Fsp3) is 0.241. The predicted octanol–water partition coefficient (Wildman–Crippen LogP) is 2.25. The third kappa shape index (κ3) is 9.84. The highest BCUT2D eigenvalue weighted by Crippen LogP contribution is 2.12. The zero-order valence-corrected chi connectivity index (χ0v) is 21.5. The van der Waals surface area contributed by atoms with Crippen LogP contribution in [0.25, 0.3) is 0 Å². The van der Waals surface area contributed by atoms with Crippen molar-refractivity contribution < 1.29 is 33.8 Å². The van der Waals surface area contributed by atoms with Crippen molar-refractivity contribution in [2.75, 3.05) is 13.7 Å². The first-order chi connectivity index (χ1) is 18.8. The van der Waals surface area contributed by atoms with Gasteiger partial charge in [-0.1, -0.05) is 72.8 Å². The number of rotatable bonds is 12. The largest absolute Gasteiger partial charge is 0.508 e. The quantitative estimate of drug-likeness (QED) is 0.262. The van der Waals surface area contributed by atoms with E-state index in [0.29, 0.717) is 5.56 Å². The minimum atomic E-state index is -1.08. The lowest BCUT2D eigenvalue weighted by atomic mass is 10.0. The van der Waals surface area contributed by atoms with Gasteiger partial charge < -0.3 is 30.5 Å². The maximum atomic E-state index is 13.0. The molecule has 3 aromatic rings.